The Morgan fingerprint density at radius 2 is 1.80 bits per heavy atom. The number of para-hydroxylation sites is 3. The molecule has 0 spiro atoms. The topological polar surface area (TPSA) is 92.6 Å². The molecule has 0 bridgehead atoms. The summed E-state index contributed by atoms with van der Waals surface area (Å²) in [4.78, 5) is 29.7. The molecule has 1 fully saturated rings. The minimum absolute atomic E-state index is 0.0845. The SMILES string of the molecule is Cc1ccccc1-n1c(SCC(=O)N2c3ccccc3NC(=O)CC2C)nnc1N1CCOCC1. The minimum Gasteiger partial charge on any atom is -0.378 e. The predicted octanol–water partition coefficient (Wildman–Crippen LogP) is 3.27. The monoisotopic (exact) mass is 492 g/mol. The van der Waals surface area contributed by atoms with E-state index in [1.54, 1.807) is 4.90 Å². The summed E-state index contributed by atoms with van der Waals surface area (Å²) in [6, 6.07) is 15.2. The molecule has 0 radical (unpaired) electrons. The van der Waals surface area contributed by atoms with Gasteiger partial charge in [0.15, 0.2) is 5.16 Å². The van der Waals surface area contributed by atoms with E-state index in [0.717, 1.165) is 30.3 Å². The van der Waals surface area contributed by atoms with Gasteiger partial charge in [-0.05, 0) is 37.6 Å². The van der Waals surface area contributed by atoms with Crippen LogP contribution in [0.2, 0.25) is 0 Å². The number of carbonyl (C=O) groups is 2. The van der Waals surface area contributed by atoms with Crippen molar-refractivity contribution in [3.63, 3.8) is 0 Å². The quantitative estimate of drug-likeness (QED) is 0.547. The molecule has 1 aromatic heterocycles. The highest BCUT2D eigenvalue weighted by Gasteiger charge is 2.30. The molecule has 10 heteroatoms. The van der Waals surface area contributed by atoms with E-state index in [0.29, 0.717) is 29.7 Å². The number of hydrogen-bond donors (Lipinski definition) is 1. The number of benzene rings is 2. The van der Waals surface area contributed by atoms with Gasteiger partial charge >= 0.3 is 0 Å². The fraction of sp³-hybridized carbons (Fsp3) is 0.360. The van der Waals surface area contributed by atoms with Gasteiger partial charge in [-0.1, -0.05) is 42.1 Å². The molecule has 1 N–H and O–H groups in total. The minimum atomic E-state index is -0.259. The summed E-state index contributed by atoms with van der Waals surface area (Å²) in [5.74, 6) is 0.738. The number of thioether (sulfide) groups is 1. The maximum absolute atomic E-state index is 13.5. The van der Waals surface area contributed by atoms with E-state index in [1.807, 2.05) is 54.0 Å². The van der Waals surface area contributed by atoms with Crippen LogP contribution < -0.4 is 15.1 Å². The highest BCUT2D eigenvalue weighted by Crippen LogP contribution is 2.33. The molecule has 0 saturated carbocycles. The van der Waals surface area contributed by atoms with Crippen LogP contribution in [-0.2, 0) is 14.3 Å². The molecule has 35 heavy (non-hydrogen) atoms. The molecular formula is C25H28N6O3S. The zero-order valence-corrected chi connectivity index (χ0v) is 20.6. The normalized spacial score (nSPS) is 18.1. The van der Waals surface area contributed by atoms with E-state index >= 15 is 0 Å². The molecule has 0 aliphatic carbocycles. The maximum atomic E-state index is 13.5. The van der Waals surface area contributed by atoms with Gasteiger partial charge in [-0.2, -0.15) is 0 Å². The van der Waals surface area contributed by atoms with E-state index in [1.165, 1.54) is 11.8 Å². The Morgan fingerprint density at radius 3 is 2.57 bits per heavy atom. The lowest BCUT2D eigenvalue weighted by Gasteiger charge is -2.28. The first kappa shape index (κ1) is 23.4. The molecular weight excluding hydrogens is 464 g/mol. The number of aryl methyl sites for hydroxylation is 1. The van der Waals surface area contributed by atoms with Crippen LogP contribution in [-0.4, -0.2) is 64.7 Å². The van der Waals surface area contributed by atoms with Crippen molar-refractivity contribution in [2.45, 2.75) is 31.5 Å². The molecule has 2 aliphatic heterocycles. The third-order valence-electron chi connectivity index (χ3n) is 6.22. The Bertz CT molecular complexity index is 1240. The number of hydrogen-bond acceptors (Lipinski definition) is 7. The number of amides is 2. The van der Waals surface area contributed by atoms with Gasteiger partial charge in [-0.15, -0.1) is 10.2 Å². The number of nitrogens with one attached hydrogen (secondary N) is 1. The van der Waals surface area contributed by atoms with Crippen molar-refractivity contribution >= 4 is 40.9 Å². The number of anilines is 3. The fourth-order valence-electron chi connectivity index (χ4n) is 4.51. The molecule has 2 amide bonds. The lowest BCUT2D eigenvalue weighted by atomic mass is 10.2. The number of fused-ring (bicyclic) bond motifs is 1. The Morgan fingerprint density at radius 1 is 1.09 bits per heavy atom. The largest absolute Gasteiger partial charge is 0.378 e. The first-order chi connectivity index (χ1) is 17.0. The fourth-order valence-corrected chi connectivity index (χ4v) is 5.31. The summed E-state index contributed by atoms with van der Waals surface area (Å²) < 4.78 is 7.55. The van der Waals surface area contributed by atoms with Crippen LogP contribution in [0.4, 0.5) is 17.3 Å². The van der Waals surface area contributed by atoms with Crippen LogP contribution in [0.25, 0.3) is 5.69 Å². The molecule has 182 valence electrons. The Hall–Kier alpha value is -3.37. The van der Waals surface area contributed by atoms with Crippen LogP contribution in [0, 0.1) is 6.92 Å². The molecule has 2 aromatic carbocycles. The smallest absolute Gasteiger partial charge is 0.237 e. The standard InChI is InChI=1S/C25H28N6O3S/c1-17-7-3-5-9-20(17)31-24(29-11-13-34-14-12-29)27-28-25(31)35-16-23(33)30-18(2)15-22(32)26-19-8-4-6-10-21(19)30/h3-10,18H,11-16H2,1-2H3,(H,26,32). The van der Waals surface area contributed by atoms with Crippen molar-refractivity contribution in [1.29, 1.82) is 0 Å². The van der Waals surface area contributed by atoms with Gasteiger partial charge in [0.2, 0.25) is 17.8 Å². The Balaban J connectivity index is 1.44. The summed E-state index contributed by atoms with van der Waals surface area (Å²) in [5, 5.41) is 12.5. The van der Waals surface area contributed by atoms with E-state index in [4.69, 9.17) is 4.74 Å². The van der Waals surface area contributed by atoms with Gasteiger partial charge in [-0.3, -0.25) is 14.2 Å². The molecule has 1 saturated heterocycles. The number of ether oxygens (including phenoxy) is 1. The highest BCUT2D eigenvalue weighted by molar-refractivity contribution is 7.99. The first-order valence-electron chi connectivity index (χ1n) is 11.7. The van der Waals surface area contributed by atoms with Gasteiger partial charge in [0.1, 0.15) is 0 Å². The van der Waals surface area contributed by atoms with Gasteiger partial charge in [0.25, 0.3) is 0 Å². The molecule has 5 rings (SSSR count). The Kier molecular flexibility index (Phi) is 6.74. The summed E-state index contributed by atoms with van der Waals surface area (Å²) in [5.41, 5.74) is 3.44. The van der Waals surface area contributed by atoms with Crippen molar-refractivity contribution in [3.05, 3.63) is 54.1 Å². The van der Waals surface area contributed by atoms with Crippen molar-refractivity contribution in [2.24, 2.45) is 0 Å². The molecule has 2 aliphatic rings. The summed E-state index contributed by atoms with van der Waals surface area (Å²) in [7, 11) is 0. The van der Waals surface area contributed by atoms with Gasteiger partial charge < -0.3 is 19.9 Å². The van der Waals surface area contributed by atoms with Crippen LogP contribution >= 0.6 is 11.8 Å². The number of aromatic nitrogens is 3. The molecule has 3 heterocycles. The summed E-state index contributed by atoms with van der Waals surface area (Å²) >= 11 is 1.36. The van der Waals surface area contributed by atoms with Crippen LogP contribution in [0.5, 0.6) is 0 Å². The van der Waals surface area contributed by atoms with E-state index < -0.39 is 0 Å². The van der Waals surface area contributed by atoms with Gasteiger partial charge in [0.05, 0.1) is 36.0 Å². The average molecular weight is 493 g/mol. The lowest BCUT2D eigenvalue weighted by Crippen LogP contribution is -2.40. The van der Waals surface area contributed by atoms with Gasteiger partial charge in [0, 0.05) is 25.6 Å². The third kappa shape index (κ3) is 4.76. The third-order valence-corrected chi connectivity index (χ3v) is 7.13. The summed E-state index contributed by atoms with van der Waals surface area (Å²) in [6.45, 7) is 6.70. The van der Waals surface area contributed by atoms with Crippen molar-refractivity contribution in [3.8, 4) is 5.69 Å². The second-order valence-electron chi connectivity index (χ2n) is 8.67. The van der Waals surface area contributed by atoms with Crippen molar-refractivity contribution in [2.75, 3.05) is 47.2 Å². The van der Waals surface area contributed by atoms with Crippen LogP contribution in [0.1, 0.15) is 18.9 Å². The average Bonchev–Trinajstić information content (AvgIpc) is 3.22. The summed E-state index contributed by atoms with van der Waals surface area (Å²) in [6.07, 6.45) is 0.242. The van der Waals surface area contributed by atoms with Gasteiger partial charge in [-0.25, -0.2) is 0 Å². The maximum Gasteiger partial charge on any atom is 0.237 e. The number of nitrogens with zero attached hydrogens (tertiary/aromatic N) is 5. The van der Waals surface area contributed by atoms with E-state index in [-0.39, 0.29) is 30.0 Å². The van der Waals surface area contributed by atoms with Crippen molar-refractivity contribution in [1.82, 2.24) is 14.8 Å². The van der Waals surface area contributed by atoms with E-state index in [2.05, 4.69) is 33.4 Å². The Labute approximate surface area is 208 Å². The zero-order valence-electron chi connectivity index (χ0n) is 19.8. The number of carbonyl (C=O) groups excluding carboxylic acids is 2. The molecule has 1 unspecified atom stereocenters. The van der Waals surface area contributed by atoms with Crippen LogP contribution in [0.15, 0.2) is 53.7 Å². The predicted molar refractivity (Wildman–Crippen MR) is 136 cm³/mol. The second-order valence-corrected chi connectivity index (χ2v) is 9.62. The number of rotatable bonds is 5. The molecule has 1 atom stereocenters. The van der Waals surface area contributed by atoms with Crippen molar-refractivity contribution < 1.29 is 14.3 Å². The number of morpholine rings is 1. The highest BCUT2D eigenvalue weighted by atomic mass is 32.2. The van der Waals surface area contributed by atoms with E-state index in [9.17, 15) is 9.59 Å². The zero-order chi connectivity index (χ0) is 24.4. The molecule has 9 nitrogen and oxygen atoms in total. The molecule has 3 aromatic rings. The second kappa shape index (κ2) is 10.1. The lowest BCUT2D eigenvalue weighted by molar-refractivity contribution is -0.117. The first-order valence-corrected chi connectivity index (χ1v) is 12.7. The van der Waals surface area contributed by atoms with Crippen LogP contribution in [0.3, 0.4) is 0 Å².